The van der Waals surface area contributed by atoms with E-state index in [-0.39, 0.29) is 18.6 Å². The van der Waals surface area contributed by atoms with E-state index in [1.165, 1.54) is 5.56 Å². The number of benzene rings is 1. The fourth-order valence-corrected chi connectivity index (χ4v) is 3.42. The predicted octanol–water partition coefficient (Wildman–Crippen LogP) is 1.44. The molecule has 5 heteroatoms. The molecule has 0 bridgehead atoms. The van der Waals surface area contributed by atoms with Crippen LogP contribution in [0.15, 0.2) is 24.3 Å². The second kappa shape index (κ2) is 7.90. The van der Waals surface area contributed by atoms with Crippen LogP contribution in [0.1, 0.15) is 24.8 Å². The molecule has 2 heterocycles. The van der Waals surface area contributed by atoms with Gasteiger partial charge >= 0.3 is 0 Å². The van der Waals surface area contributed by atoms with Gasteiger partial charge < -0.3 is 14.7 Å². The first-order valence-electron chi connectivity index (χ1n) is 8.61. The van der Waals surface area contributed by atoms with Crippen LogP contribution in [0.2, 0.25) is 0 Å². The molecular weight excluding hydrogens is 292 g/mol. The predicted molar refractivity (Wildman–Crippen MR) is 89.6 cm³/mol. The van der Waals surface area contributed by atoms with E-state index in [1.54, 1.807) is 0 Å². The first-order chi connectivity index (χ1) is 11.3. The zero-order valence-electron chi connectivity index (χ0n) is 13.6. The monoisotopic (exact) mass is 318 g/mol. The van der Waals surface area contributed by atoms with Crippen molar-refractivity contribution in [1.29, 1.82) is 0 Å². The van der Waals surface area contributed by atoms with Crippen molar-refractivity contribution in [3.63, 3.8) is 0 Å². The number of ether oxygens (including phenoxy) is 1. The number of aliphatic hydroxyl groups is 1. The Labute approximate surface area is 137 Å². The lowest BCUT2D eigenvalue weighted by Gasteiger charge is -2.32. The van der Waals surface area contributed by atoms with Crippen LogP contribution in [0.3, 0.4) is 0 Å². The minimum atomic E-state index is 0.185. The first kappa shape index (κ1) is 16.4. The molecule has 2 aliphatic rings. The first-order valence-corrected chi connectivity index (χ1v) is 8.61. The summed E-state index contributed by atoms with van der Waals surface area (Å²) >= 11 is 0. The molecule has 0 atom stereocenters. The van der Waals surface area contributed by atoms with Gasteiger partial charge in [0, 0.05) is 38.5 Å². The highest BCUT2D eigenvalue weighted by Gasteiger charge is 2.27. The zero-order valence-corrected chi connectivity index (χ0v) is 13.6. The molecule has 0 saturated carbocycles. The molecule has 1 saturated heterocycles. The van der Waals surface area contributed by atoms with Gasteiger partial charge in [0.2, 0.25) is 5.91 Å². The van der Waals surface area contributed by atoms with Crippen molar-refractivity contribution in [3.8, 4) is 0 Å². The van der Waals surface area contributed by atoms with E-state index in [1.807, 2.05) is 23.1 Å². The van der Waals surface area contributed by atoms with E-state index in [0.717, 1.165) is 44.6 Å². The van der Waals surface area contributed by atoms with Gasteiger partial charge in [-0.2, -0.15) is 0 Å². The SMILES string of the molecule is O=C(CN1CCC(OCCCO)CC1)N1CCc2ccccc21. The van der Waals surface area contributed by atoms with Crippen molar-refractivity contribution in [2.24, 2.45) is 0 Å². The fourth-order valence-electron chi connectivity index (χ4n) is 3.42. The van der Waals surface area contributed by atoms with Gasteiger partial charge in [0.1, 0.15) is 0 Å². The minimum absolute atomic E-state index is 0.185. The number of nitrogens with zero attached hydrogens (tertiary/aromatic N) is 2. The van der Waals surface area contributed by atoms with Crippen LogP contribution in [0.4, 0.5) is 5.69 Å². The van der Waals surface area contributed by atoms with Gasteiger partial charge in [-0.05, 0) is 37.3 Å². The maximum atomic E-state index is 12.6. The van der Waals surface area contributed by atoms with Gasteiger partial charge in [0.15, 0.2) is 0 Å². The standard InChI is InChI=1S/C18H26N2O3/c21-12-3-13-23-16-7-9-19(10-8-16)14-18(22)20-11-6-15-4-1-2-5-17(15)20/h1-2,4-5,16,21H,3,6-14H2. The summed E-state index contributed by atoms with van der Waals surface area (Å²) in [6, 6.07) is 8.19. The highest BCUT2D eigenvalue weighted by atomic mass is 16.5. The number of hydrogen-bond donors (Lipinski definition) is 1. The van der Waals surface area contributed by atoms with Crippen LogP contribution in [-0.4, -0.2) is 61.4 Å². The summed E-state index contributed by atoms with van der Waals surface area (Å²) in [5.74, 6) is 0.203. The van der Waals surface area contributed by atoms with Crippen LogP contribution in [0.25, 0.3) is 0 Å². The maximum absolute atomic E-state index is 12.6. The van der Waals surface area contributed by atoms with E-state index in [9.17, 15) is 4.79 Å². The normalized spacial score (nSPS) is 19.1. The lowest BCUT2D eigenvalue weighted by Crippen LogP contribution is -2.44. The van der Waals surface area contributed by atoms with Crippen molar-refractivity contribution >= 4 is 11.6 Å². The number of para-hydroxylation sites is 1. The summed E-state index contributed by atoms with van der Waals surface area (Å²) < 4.78 is 5.74. The van der Waals surface area contributed by atoms with E-state index in [0.29, 0.717) is 19.6 Å². The summed E-state index contributed by atoms with van der Waals surface area (Å²) in [5, 5.41) is 8.78. The average molecular weight is 318 g/mol. The topological polar surface area (TPSA) is 53.0 Å². The Morgan fingerprint density at radius 2 is 2.00 bits per heavy atom. The highest BCUT2D eigenvalue weighted by molar-refractivity contribution is 5.96. The summed E-state index contributed by atoms with van der Waals surface area (Å²) in [5.41, 5.74) is 2.36. The zero-order chi connectivity index (χ0) is 16.1. The number of amides is 1. The largest absolute Gasteiger partial charge is 0.396 e. The number of aliphatic hydroxyl groups excluding tert-OH is 1. The summed E-state index contributed by atoms with van der Waals surface area (Å²) in [6.45, 7) is 3.93. The van der Waals surface area contributed by atoms with Gasteiger partial charge in [-0.15, -0.1) is 0 Å². The second-order valence-electron chi connectivity index (χ2n) is 6.35. The average Bonchev–Trinajstić information content (AvgIpc) is 3.01. The fraction of sp³-hybridized carbons (Fsp3) is 0.611. The number of carbonyl (C=O) groups is 1. The van der Waals surface area contributed by atoms with Crippen LogP contribution in [0, 0.1) is 0 Å². The number of anilines is 1. The molecule has 1 N–H and O–H groups in total. The molecule has 2 aliphatic heterocycles. The minimum Gasteiger partial charge on any atom is -0.396 e. The van der Waals surface area contributed by atoms with E-state index in [4.69, 9.17) is 9.84 Å². The number of likely N-dealkylation sites (tertiary alicyclic amines) is 1. The Balaban J connectivity index is 1.45. The van der Waals surface area contributed by atoms with E-state index >= 15 is 0 Å². The van der Waals surface area contributed by atoms with Crippen LogP contribution in [0.5, 0.6) is 0 Å². The molecule has 0 aromatic heterocycles. The summed E-state index contributed by atoms with van der Waals surface area (Å²) in [6.07, 6.45) is 3.88. The Hall–Kier alpha value is -1.43. The summed E-state index contributed by atoms with van der Waals surface area (Å²) in [7, 11) is 0. The number of hydrogen-bond acceptors (Lipinski definition) is 4. The maximum Gasteiger partial charge on any atom is 0.241 e. The van der Waals surface area contributed by atoms with Crippen molar-refractivity contribution in [2.45, 2.75) is 31.8 Å². The molecule has 23 heavy (non-hydrogen) atoms. The number of carbonyl (C=O) groups excluding carboxylic acids is 1. The molecule has 5 nitrogen and oxygen atoms in total. The third-order valence-corrected chi connectivity index (χ3v) is 4.74. The molecule has 1 fully saturated rings. The Kier molecular flexibility index (Phi) is 5.65. The van der Waals surface area contributed by atoms with Gasteiger partial charge in [-0.1, -0.05) is 18.2 Å². The van der Waals surface area contributed by atoms with Gasteiger partial charge in [0.05, 0.1) is 12.6 Å². The third kappa shape index (κ3) is 4.10. The van der Waals surface area contributed by atoms with Crippen molar-refractivity contribution in [3.05, 3.63) is 29.8 Å². The van der Waals surface area contributed by atoms with Crippen LogP contribution >= 0.6 is 0 Å². The van der Waals surface area contributed by atoms with Crippen molar-refractivity contribution < 1.29 is 14.6 Å². The third-order valence-electron chi connectivity index (χ3n) is 4.74. The lowest BCUT2D eigenvalue weighted by atomic mass is 10.1. The summed E-state index contributed by atoms with van der Waals surface area (Å²) in [4.78, 5) is 16.8. The van der Waals surface area contributed by atoms with E-state index in [2.05, 4.69) is 11.0 Å². The Morgan fingerprint density at radius 1 is 1.22 bits per heavy atom. The van der Waals surface area contributed by atoms with Crippen molar-refractivity contribution in [1.82, 2.24) is 4.90 Å². The molecule has 126 valence electrons. The number of rotatable bonds is 6. The molecule has 0 unspecified atom stereocenters. The lowest BCUT2D eigenvalue weighted by molar-refractivity contribution is -0.120. The molecule has 1 aromatic rings. The van der Waals surface area contributed by atoms with Crippen molar-refractivity contribution in [2.75, 3.05) is 44.3 Å². The highest BCUT2D eigenvalue weighted by Crippen LogP contribution is 2.27. The molecular formula is C18H26N2O3. The molecule has 0 aliphatic carbocycles. The van der Waals surface area contributed by atoms with Crippen LogP contribution in [-0.2, 0) is 16.0 Å². The number of piperidine rings is 1. The molecule has 0 radical (unpaired) electrons. The van der Waals surface area contributed by atoms with Gasteiger partial charge in [0.25, 0.3) is 0 Å². The number of fused-ring (bicyclic) bond motifs is 1. The molecule has 1 amide bonds. The van der Waals surface area contributed by atoms with E-state index < -0.39 is 0 Å². The smallest absolute Gasteiger partial charge is 0.241 e. The van der Waals surface area contributed by atoms with Crippen LogP contribution < -0.4 is 4.90 Å². The second-order valence-corrected chi connectivity index (χ2v) is 6.35. The molecule has 3 rings (SSSR count). The van der Waals surface area contributed by atoms with Gasteiger partial charge in [-0.25, -0.2) is 0 Å². The Morgan fingerprint density at radius 3 is 2.78 bits per heavy atom. The molecule has 0 spiro atoms. The van der Waals surface area contributed by atoms with Gasteiger partial charge in [-0.3, -0.25) is 9.69 Å². The Bertz CT molecular complexity index is 527. The quantitative estimate of drug-likeness (QED) is 0.807. The molecule has 1 aromatic carbocycles.